The van der Waals surface area contributed by atoms with Crippen LogP contribution in [0, 0.1) is 5.41 Å². The third kappa shape index (κ3) is 4.21. The first kappa shape index (κ1) is 20.7. The number of benzene rings is 3. The first-order valence-electron chi connectivity index (χ1n) is 8.12. The van der Waals surface area contributed by atoms with Crippen LogP contribution in [0.2, 0.25) is 0 Å². The summed E-state index contributed by atoms with van der Waals surface area (Å²) in [6.45, 7) is 0. The number of amides is 1. The van der Waals surface area contributed by atoms with E-state index in [1.54, 1.807) is 54.6 Å². The van der Waals surface area contributed by atoms with Crippen LogP contribution < -0.4 is 21.9 Å². The summed E-state index contributed by atoms with van der Waals surface area (Å²) in [5, 5.41) is 8.98. The van der Waals surface area contributed by atoms with E-state index in [-0.39, 0.29) is 36.0 Å². The Hall–Kier alpha value is -3.58. The number of para-hydroxylation sites is 1. The van der Waals surface area contributed by atoms with Gasteiger partial charge in [-0.05, 0) is 35.0 Å². The van der Waals surface area contributed by atoms with E-state index >= 15 is 0 Å². The molecule has 0 unspecified atom stereocenters. The number of nitrogens with two attached hydrogens (primary N) is 3. The van der Waals surface area contributed by atoms with Gasteiger partial charge in [-0.2, -0.15) is 0 Å². The van der Waals surface area contributed by atoms with E-state index in [1.807, 2.05) is 0 Å². The van der Waals surface area contributed by atoms with Crippen LogP contribution in [-0.4, -0.2) is 17.7 Å². The molecule has 0 aliphatic carbocycles. The Labute approximate surface area is 167 Å². The number of hydrogen-bond acceptors (Lipinski definition) is 5. The molecule has 3 aromatic rings. The lowest BCUT2D eigenvalue weighted by Crippen LogP contribution is -2.17. The highest BCUT2D eigenvalue weighted by Crippen LogP contribution is 2.30. The highest BCUT2D eigenvalue weighted by atomic mass is 35.5. The van der Waals surface area contributed by atoms with Crippen molar-refractivity contribution >= 4 is 46.6 Å². The molecule has 0 atom stereocenters. The van der Waals surface area contributed by atoms with Gasteiger partial charge in [0.2, 0.25) is 5.91 Å². The van der Waals surface area contributed by atoms with Crippen molar-refractivity contribution in [1.82, 2.24) is 0 Å². The number of nitrogens with one attached hydrogen (secondary N) is 1. The molecule has 0 radical (unpaired) electrons. The van der Waals surface area contributed by atoms with Crippen LogP contribution in [0.25, 0.3) is 10.8 Å². The number of primary amides is 1. The van der Waals surface area contributed by atoms with Gasteiger partial charge in [-0.25, -0.2) is 4.79 Å². The smallest absolute Gasteiger partial charge is 0.345 e. The normalized spacial score (nSPS) is 10.1. The Morgan fingerprint density at radius 3 is 2.36 bits per heavy atom. The number of amidine groups is 1. The monoisotopic (exact) mass is 398 g/mol. The Morgan fingerprint density at radius 1 is 1.00 bits per heavy atom. The molecule has 0 saturated heterocycles. The van der Waals surface area contributed by atoms with E-state index in [2.05, 4.69) is 0 Å². The van der Waals surface area contributed by atoms with Crippen molar-refractivity contribution in [3.05, 3.63) is 71.3 Å². The van der Waals surface area contributed by atoms with Crippen molar-refractivity contribution in [3.63, 3.8) is 0 Å². The molecular weight excluding hydrogens is 380 g/mol. The summed E-state index contributed by atoms with van der Waals surface area (Å²) in [5.41, 5.74) is 18.3. The topological polar surface area (TPSA) is 145 Å². The SMILES string of the molecule is Cl.N=C(N)c1ccc2c(CC(N)=O)c(OC(=O)c3ccccc3N)ccc2c1. The number of esters is 1. The van der Waals surface area contributed by atoms with Gasteiger partial charge in [-0.1, -0.05) is 30.3 Å². The van der Waals surface area contributed by atoms with Gasteiger partial charge in [-0.3, -0.25) is 10.2 Å². The molecule has 3 rings (SSSR count). The number of carbonyl (C=O) groups excluding carboxylic acids is 2. The first-order chi connectivity index (χ1) is 12.9. The minimum absolute atomic E-state index is 0. The van der Waals surface area contributed by atoms with Gasteiger partial charge in [0.25, 0.3) is 0 Å². The van der Waals surface area contributed by atoms with E-state index in [4.69, 9.17) is 27.3 Å². The maximum absolute atomic E-state index is 12.5. The summed E-state index contributed by atoms with van der Waals surface area (Å²) in [7, 11) is 0. The highest BCUT2D eigenvalue weighted by Gasteiger charge is 2.17. The standard InChI is InChI=1S/C20H18N4O3.ClH/c21-16-4-2-1-3-14(16)20(26)27-17-8-6-11-9-12(19(23)24)5-7-13(11)15(17)10-18(22)25;/h1-9H,10,21H2,(H2,22,25)(H3,23,24);1H. The minimum Gasteiger partial charge on any atom is -0.423 e. The summed E-state index contributed by atoms with van der Waals surface area (Å²) >= 11 is 0. The molecule has 0 bridgehead atoms. The van der Waals surface area contributed by atoms with Crippen LogP contribution in [0.1, 0.15) is 21.5 Å². The third-order valence-electron chi connectivity index (χ3n) is 4.13. The number of nitrogen functional groups attached to an aromatic ring is 2. The first-order valence-corrected chi connectivity index (χ1v) is 8.12. The summed E-state index contributed by atoms with van der Waals surface area (Å²) < 4.78 is 5.51. The zero-order valence-electron chi connectivity index (χ0n) is 14.8. The maximum atomic E-state index is 12.5. The molecule has 28 heavy (non-hydrogen) atoms. The van der Waals surface area contributed by atoms with E-state index in [0.29, 0.717) is 22.2 Å². The molecule has 0 aliphatic heterocycles. The van der Waals surface area contributed by atoms with E-state index in [1.165, 1.54) is 0 Å². The van der Waals surface area contributed by atoms with Crippen LogP contribution in [0.3, 0.4) is 0 Å². The second-order valence-electron chi connectivity index (χ2n) is 6.01. The molecule has 144 valence electrons. The average molecular weight is 399 g/mol. The molecule has 8 heteroatoms. The van der Waals surface area contributed by atoms with Gasteiger partial charge in [-0.15, -0.1) is 12.4 Å². The average Bonchev–Trinajstić information content (AvgIpc) is 2.63. The van der Waals surface area contributed by atoms with Gasteiger partial charge in [0.1, 0.15) is 11.6 Å². The quantitative estimate of drug-likeness (QED) is 0.171. The fraction of sp³-hybridized carbons (Fsp3) is 0.0500. The van der Waals surface area contributed by atoms with Crippen molar-refractivity contribution in [3.8, 4) is 5.75 Å². The Kier molecular flexibility index (Phi) is 6.22. The van der Waals surface area contributed by atoms with Crippen molar-refractivity contribution in [1.29, 1.82) is 5.41 Å². The number of halogens is 1. The fourth-order valence-corrected chi connectivity index (χ4v) is 2.83. The van der Waals surface area contributed by atoms with E-state index in [9.17, 15) is 9.59 Å². The summed E-state index contributed by atoms with van der Waals surface area (Å²) in [6, 6.07) is 15.0. The summed E-state index contributed by atoms with van der Waals surface area (Å²) in [4.78, 5) is 24.0. The Bertz CT molecular complexity index is 1080. The molecule has 0 heterocycles. The molecule has 1 amide bonds. The van der Waals surface area contributed by atoms with E-state index < -0.39 is 11.9 Å². The van der Waals surface area contributed by atoms with E-state index in [0.717, 1.165) is 5.39 Å². The molecule has 0 aromatic heterocycles. The van der Waals surface area contributed by atoms with Gasteiger partial charge in [0.15, 0.2) is 0 Å². The molecule has 7 nitrogen and oxygen atoms in total. The van der Waals surface area contributed by atoms with Crippen molar-refractivity contribution in [2.75, 3.05) is 5.73 Å². The molecule has 0 spiro atoms. The zero-order chi connectivity index (χ0) is 19.6. The lowest BCUT2D eigenvalue weighted by molar-refractivity contribution is -0.117. The minimum atomic E-state index is -0.626. The lowest BCUT2D eigenvalue weighted by Gasteiger charge is -2.13. The van der Waals surface area contributed by atoms with Crippen molar-refractivity contribution in [2.45, 2.75) is 6.42 Å². The lowest BCUT2D eigenvalue weighted by atomic mass is 9.98. The largest absolute Gasteiger partial charge is 0.423 e. The number of anilines is 1. The van der Waals surface area contributed by atoms with Gasteiger partial charge >= 0.3 is 5.97 Å². The van der Waals surface area contributed by atoms with Crippen LogP contribution in [-0.2, 0) is 11.2 Å². The Balaban J connectivity index is 0.00000280. The van der Waals surface area contributed by atoms with Gasteiger partial charge in [0, 0.05) is 16.8 Å². The predicted octanol–water partition coefficient (Wildman–Crippen LogP) is 2.37. The third-order valence-corrected chi connectivity index (χ3v) is 4.13. The van der Waals surface area contributed by atoms with Crippen LogP contribution in [0.5, 0.6) is 5.75 Å². The molecule has 7 N–H and O–H groups in total. The number of hydrogen-bond donors (Lipinski definition) is 4. The van der Waals surface area contributed by atoms with Gasteiger partial charge in [0.05, 0.1) is 12.0 Å². The fourth-order valence-electron chi connectivity index (χ4n) is 2.83. The maximum Gasteiger partial charge on any atom is 0.345 e. The molecular formula is C20H19ClN4O3. The van der Waals surface area contributed by atoms with Crippen LogP contribution in [0.4, 0.5) is 5.69 Å². The second-order valence-corrected chi connectivity index (χ2v) is 6.01. The molecule has 3 aromatic carbocycles. The highest BCUT2D eigenvalue weighted by molar-refractivity contribution is 6.02. The van der Waals surface area contributed by atoms with Gasteiger partial charge < -0.3 is 21.9 Å². The predicted molar refractivity (Wildman–Crippen MR) is 111 cm³/mol. The number of carbonyl (C=O) groups is 2. The van der Waals surface area contributed by atoms with Crippen molar-refractivity contribution < 1.29 is 14.3 Å². The van der Waals surface area contributed by atoms with Crippen LogP contribution in [0.15, 0.2) is 54.6 Å². The second kappa shape index (κ2) is 8.41. The summed E-state index contributed by atoms with van der Waals surface area (Å²) in [5.74, 6) is -1.03. The molecule has 0 fully saturated rings. The number of ether oxygens (including phenoxy) is 1. The Morgan fingerprint density at radius 2 is 1.71 bits per heavy atom. The summed E-state index contributed by atoms with van der Waals surface area (Å²) in [6.07, 6.45) is -0.107. The van der Waals surface area contributed by atoms with Crippen LogP contribution >= 0.6 is 12.4 Å². The number of rotatable bonds is 5. The molecule has 0 saturated carbocycles. The zero-order valence-corrected chi connectivity index (χ0v) is 15.6. The molecule has 0 aliphatic rings. The van der Waals surface area contributed by atoms with Crippen molar-refractivity contribution in [2.24, 2.45) is 11.5 Å². The number of fused-ring (bicyclic) bond motifs is 1.